The summed E-state index contributed by atoms with van der Waals surface area (Å²) in [5.41, 5.74) is 1.25. The lowest BCUT2D eigenvalue weighted by molar-refractivity contribution is -0.144. The van der Waals surface area contributed by atoms with Gasteiger partial charge in [-0.25, -0.2) is 0 Å². The molecule has 1 spiro atoms. The number of carbonyl (C=O) groups is 1. The fraction of sp³-hybridized carbons (Fsp3) is 0.562. The molecule has 0 saturated carbocycles. The van der Waals surface area contributed by atoms with Crippen LogP contribution in [0, 0.1) is 11.3 Å². The van der Waals surface area contributed by atoms with Crippen LogP contribution >= 0.6 is 11.8 Å². The summed E-state index contributed by atoms with van der Waals surface area (Å²) in [6.07, 6.45) is 1.04. The lowest BCUT2D eigenvalue weighted by Crippen LogP contribution is -2.39. The van der Waals surface area contributed by atoms with Crippen molar-refractivity contribution in [3.63, 3.8) is 0 Å². The van der Waals surface area contributed by atoms with Gasteiger partial charge in [0.25, 0.3) is 0 Å². The number of aliphatic carboxylic acids is 1. The maximum absolute atomic E-state index is 11.7. The summed E-state index contributed by atoms with van der Waals surface area (Å²) in [6.45, 7) is 4.69. The summed E-state index contributed by atoms with van der Waals surface area (Å²) in [5.74, 6) is 0.274. The summed E-state index contributed by atoms with van der Waals surface area (Å²) < 4.78 is 0. The van der Waals surface area contributed by atoms with Crippen LogP contribution in [-0.4, -0.2) is 40.1 Å². The Morgan fingerprint density at radius 2 is 2.20 bits per heavy atom. The van der Waals surface area contributed by atoms with Crippen LogP contribution in [0.1, 0.15) is 18.9 Å². The van der Waals surface area contributed by atoms with Crippen LogP contribution in [0.5, 0.6) is 0 Å². The minimum atomic E-state index is -0.616. The Bertz CT molecular complexity index is 493. The number of rotatable bonds is 3. The fourth-order valence-electron chi connectivity index (χ4n) is 3.78. The van der Waals surface area contributed by atoms with Crippen molar-refractivity contribution in [1.29, 1.82) is 0 Å². The maximum atomic E-state index is 11.7. The molecule has 3 rings (SSSR count). The zero-order valence-corrected chi connectivity index (χ0v) is 12.6. The third kappa shape index (κ3) is 2.35. The molecular weight excluding hydrogens is 270 g/mol. The van der Waals surface area contributed by atoms with Crippen molar-refractivity contribution in [1.82, 2.24) is 4.90 Å². The largest absolute Gasteiger partial charge is 0.481 e. The van der Waals surface area contributed by atoms with Crippen molar-refractivity contribution in [2.45, 2.75) is 25.1 Å². The molecule has 3 nitrogen and oxygen atoms in total. The highest BCUT2D eigenvalue weighted by molar-refractivity contribution is 8.00. The summed E-state index contributed by atoms with van der Waals surface area (Å²) in [4.78, 5) is 14.0. The van der Waals surface area contributed by atoms with Crippen molar-refractivity contribution in [2.75, 3.05) is 18.8 Å². The molecule has 4 heteroatoms. The number of hydrogen-bond acceptors (Lipinski definition) is 3. The molecule has 2 fully saturated rings. The second-order valence-electron chi connectivity index (χ2n) is 6.04. The Morgan fingerprint density at radius 3 is 2.80 bits per heavy atom. The second kappa shape index (κ2) is 5.41. The van der Waals surface area contributed by atoms with Crippen LogP contribution in [0.2, 0.25) is 0 Å². The fourth-order valence-corrected chi connectivity index (χ4v) is 5.32. The first-order valence-corrected chi connectivity index (χ1v) is 8.27. The van der Waals surface area contributed by atoms with E-state index >= 15 is 0 Å². The highest BCUT2D eigenvalue weighted by atomic mass is 32.2. The van der Waals surface area contributed by atoms with Gasteiger partial charge in [0, 0.05) is 30.3 Å². The van der Waals surface area contributed by atoms with E-state index in [-0.39, 0.29) is 11.3 Å². The highest BCUT2D eigenvalue weighted by Crippen LogP contribution is 2.52. The standard InChI is InChI=1S/C16H21NO2S/c1-12-16(7-8-20-12)11-17(10-14(16)15(18)19)9-13-5-3-2-4-6-13/h2-6,12,14H,7-11H2,1H3,(H,18,19). The molecule has 2 aliphatic rings. The molecule has 3 unspecified atom stereocenters. The van der Waals surface area contributed by atoms with Crippen molar-refractivity contribution in [3.8, 4) is 0 Å². The molecule has 1 aromatic carbocycles. The Labute approximate surface area is 124 Å². The molecule has 0 amide bonds. The van der Waals surface area contributed by atoms with Crippen LogP contribution in [0.15, 0.2) is 30.3 Å². The number of likely N-dealkylation sites (tertiary alicyclic amines) is 1. The molecule has 108 valence electrons. The van der Waals surface area contributed by atoms with Crippen LogP contribution in [-0.2, 0) is 11.3 Å². The van der Waals surface area contributed by atoms with Gasteiger partial charge in [0.1, 0.15) is 0 Å². The molecule has 1 N–H and O–H groups in total. The van der Waals surface area contributed by atoms with E-state index in [0.717, 1.165) is 25.3 Å². The smallest absolute Gasteiger partial charge is 0.308 e. The van der Waals surface area contributed by atoms with Crippen LogP contribution in [0.25, 0.3) is 0 Å². The number of carboxylic acid groups (broad SMARTS) is 1. The summed E-state index contributed by atoms with van der Waals surface area (Å²) in [6, 6.07) is 10.3. The zero-order chi connectivity index (χ0) is 14.2. The number of thioether (sulfide) groups is 1. The number of carboxylic acids is 1. The molecule has 0 radical (unpaired) electrons. The Balaban J connectivity index is 1.78. The maximum Gasteiger partial charge on any atom is 0.308 e. The van der Waals surface area contributed by atoms with E-state index in [4.69, 9.17) is 0 Å². The van der Waals surface area contributed by atoms with E-state index in [1.807, 2.05) is 30.0 Å². The Morgan fingerprint density at radius 1 is 1.45 bits per heavy atom. The van der Waals surface area contributed by atoms with E-state index in [9.17, 15) is 9.90 Å². The van der Waals surface area contributed by atoms with Gasteiger partial charge in [0.2, 0.25) is 0 Å². The van der Waals surface area contributed by atoms with Gasteiger partial charge in [0.15, 0.2) is 0 Å². The van der Waals surface area contributed by atoms with Gasteiger partial charge in [-0.1, -0.05) is 37.3 Å². The van der Waals surface area contributed by atoms with E-state index in [0.29, 0.717) is 11.8 Å². The minimum Gasteiger partial charge on any atom is -0.481 e. The molecule has 0 aliphatic carbocycles. The van der Waals surface area contributed by atoms with Crippen molar-refractivity contribution >= 4 is 17.7 Å². The lowest BCUT2D eigenvalue weighted by atomic mass is 9.73. The van der Waals surface area contributed by atoms with Crippen molar-refractivity contribution in [2.24, 2.45) is 11.3 Å². The third-order valence-electron chi connectivity index (χ3n) is 4.94. The van der Waals surface area contributed by atoms with Crippen LogP contribution in [0.3, 0.4) is 0 Å². The first-order valence-electron chi connectivity index (χ1n) is 7.22. The summed E-state index contributed by atoms with van der Waals surface area (Å²) in [7, 11) is 0. The van der Waals surface area contributed by atoms with Gasteiger partial charge in [-0.2, -0.15) is 11.8 Å². The van der Waals surface area contributed by atoms with Crippen LogP contribution < -0.4 is 0 Å². The quantitative estimate of drug-likeness (QED) is 0.929. The molecule has 2 heterocycles. The molecule has 2 saturated heterocycles. The van der Waals surface area contributed by atoms with Gasteiger partial charge < -0.3 is 5.11 Å². The van der Waals surface area contributed by atoms with Gasteiger partial charge in [-0.3, -0.25) is 9.69 Å². The molecular formula is C16H21NO2S. The Kier molecular flexibility index (Phi) is 3.78. The summed E-state index contributed by atoms with van der Waals surface area (Å²) in [5, 5.41) is 10.1. The van der Waals surface area contributed by atoms with Gasteiger partial charge in [-0.05, 0) is 17.7 Å². The Hall–Kier alpha value is -1.00. The molecule has 1 aromatic rings. The molecule has 0 bridgehead atoms. The monoisotopic (exact) mass is 291 g/mol. The summed E-state index contributed by atoms with van der Waals surface area (Å²) >= 11 is 1.93. The lowest BCUT2D eigenvalue weighted by Gasteiger charge is -2.31. The average molecular weight is 291 g/mol. The third-order valence-corrected chi connectivity index (χ3v) is 6.35. The normalized spacial score (nSPS) is 33.9. The molecule has 20 heavy (non-hydrogen) atoms. The van der Waals surface area contributed by atoms with E-state index in [1.165, 1.54) is 5.56 Å². The van der Waals surface area contributed by atoms with E-state index < -0.39 is 5.97 Å². The SMILES string of the molecule is CC1SCCC12CN(Cc1ccccc1)CC2C(=O)O. The minimum absolute atomic E-state index is 0.0225. The number of hydrogen-bond donors (Lipinski definition) is 1. The van der Waals surface area contributed by atoms with Gasteiger partial charge >= 0.3 is 5.97 Å². The highest BCUT2D eigenvalue weighted by Gasteiger charge is 2.55. The van der Waals surface area contributed by atoms with Crippen molar-refractivity contribution < 1.29 is 9.90 Å². The van der Waals surface area contributed by atoms with E-state index in [1.54, 1.807) is 0 Å². The first kappa shape index (κ1) is 14.0. The van der Waals surface area contributed by atoms with E-state index in [2.05, 4.69) is 24.0 Å². The van der Waals surface area contributed by atoms with Crippen molar-refractivity contribution in [3.05, 3.63) is 35.9 Å². The second-order valence-corrected chi connectivity index (χ2v) is 7.49. The number of benzene rings is 1. The van der Waals surface area contributed by atoms with Gasteiger partial charge in [0.05, 0.1) is 5.92 Å². The zero-order valence-electron chi connectivity index (χ0n) is 11.8. The first-order chi connectivity index (χ1) is 9.62. The molecule has 2 aliphatic heterocycles. The molecule has 3 atom stereocenters. The van der Waals surface area contributed by atoms with Crippen LogP contribution in [0.4, 0.5) is 0 Å². The predicted octanol–water partition coefficient (Wildman–Crippen LogP) is 2.71. The molecule has 0 aromatic heterocycles. The predicted molar refractivity (Wildman–Crippen MR) is 81.8 cm³/mol. The van der Waals surface area contributed by atoms with Gasteiger partial charge in [-0.15, -0.1) is 0 Å². The topological polar surface area (TPSA) is 40.5 Å². The average Bonchev–Trinajstić information content (AvgIpc) is 2.97. The number of nitrogens with zero attached hydrogens (tertiary/aromatic N) is 1.